The zero-order valence-electron chi connectivity index (χ0n) is 12.8. The molecule has 2 nitrogen and oxygen atoms in total. The number of benzene rings is 1. The molecule has 1 aliphatic heterocycles. The summed E-state index contributed by atoms with van der Waals surface area (Å²) in [5.74, 6) is 0.865. The molecule has 0 radical (unpaired) electrons. The van der Waals surface area contributed by atoms with Gasteiger partial charge in [0, 0.05) is 32.2 Å². The Hall–Kier alpha value is -0.860. The van der Waals surface area contributed by atoms with E-state index in [1.807, 2.05) is 0 Å². The summed E-state index contributed by atoms with van der Waals surface area (Å²) < 4.78 is 0. The van der Waals surface area contributed by atoms with Gasteiger partial charge in [0.2, 0.25) is 0 Å². The zero-order valence-corrected chi connectivity index (χ0v) is 12.8. The first kappa shape index (κ1) is 14.1. The van der Waals surface area contributed by atoms with Crippen LogP contribution in [0.3, 0.4) is 0 Å². The molecule has 20 heavy (non-hydrogen) atoms. The molecule has 2 fully saturated rings. The molecule has 0 bridgehead atoms. The normalized spacial score (nSPS) is 23.6. The Morgan fingerprint density at radius 3 is 2.30 bits per heavy atom. The lowest BCUT2D eigenvalue weighted by atomic mass is 9.80. The third-order valence-electron chi connectivity index (χ3n) is 5.06. The summed E-state index contributed by atoms with van der Waals surface area (Å²) in [6, 6.07) is 9.96. The van der Waals surface area contributed by atoms with Crippen molar-refractivity contribution < 1.29 is 0 Å². The predicted molar refractivity (Wildman–Crippen MR) is 84.9 cm³/mol. The van der Waals surface area contributed by atoms with E-state index in [0.717, 1.165) is 19.0 Å². The van der Waals surface area contributed by atoms with Gasteiger partial charge in [-0.25, -0.2) is 0 Å². The Morgan fingerprint density at radius 2 is 1.65 bits per heavy atom. The van der Waals surface area contributed by atoms with Gasteiger partial charge in [0.15, 0.2) is 0 Å². The molecule has 0 spiro atoms. The van der Waals surface area contributed by atoms with E-state index in [0.29, 0.717) is 6.04 Å². The van der Waals surface area contributed by atoms with Gasteiger partial charge in [0.05, 0.1) is 0 Å². The van der Waals surface area contributed by atoms with Crippen LogP contribution >= 0.6 is 0 Å². The van der Waals surface area contributed by atoms with Crippen molar-refractivity contribution in [3.63, 3.8) is 0 Å². The molecule has 110 valence electrons. The number of rotatable bonds is 3. The molecule has 0 aromatic heterocycles. The Kier molecular flexibility index (Phi) is 4.74. The highest BCUT2D eigenvalue weighted by molar-refractivity contribution is 5.25. The average Bonchev–Trinajstić information content (AvgIpc) is 2.52. The van der Waals surface area contributed by atoms with Crippen molar-refractivity contribution in [3.05, 3.63) is 35.4 Å². The fourth-order valence-electron chi connectivity index (χ4n) is 3.95. The van der Waals surface area contributed by atoms with Crippen LogP contribution in [0, 0.1) is 12.8 Å². The highest BCUT2D eigenvalue weighted by atomic mass is 15.2. The van der Waals surface area contributed by atoms with E-state index in [1.165, 1.54) is 50.8 Å². The van der Waals surface area contributed by atoms with Crippen molar-refractivity contribution in [2.75, 3.05) is 26.2 Å². The molecule has 1 atom stereocenters. The molecular weight excluding hydrogens is 244 g/mol. The average molecular weight is 272 g/mol. The van der Waals surface area contributed by atoms with Crippen LogP contribution < -0.4 is 5.32 Å². The van der Waals surface area contributed by atoms with E-state index < -0.39 is 0 Å². The van der Waals surface area contributed by atoms with Crippen molar-refractivity contribution >= 4 is 0 Å². The van der Waals surface area contributed by atoms with Crippen LogP contribution in [0.4, 0.5) is 0 Å². The molecule has 1 saturated heterocycles. The second-order valence-corrected chi connectivity index (χ2v) is 6.54. The second kappa shape index (κ2) is 6.73. The van der Waals surface area contributed by atoms with E-state index in [4.69, 9.17) is 0 Å². The number of aryl methyl sites for hydroxylation is 1. The number of nitrogens with one attached hydrogen (secondary N) is 1. The zero-order chi connectivity index (χ0) is 13.8. The molecule has 2 aliphatic rings. The number of hydrogen-bond acceptors (Lipinski definition) is 2. The van der Waals surface area contributed by atoms with Crippen LogP contribution in [0.5, 0.6) is 0 Å². The van der Waals surface area contributed by atoms with Crippen molar-refractivity contribution in [3.8, 4) is 0 Å². The molecule has 1 aliphatic carbocycles. The summed E-state index contributed by atoms with van der Waals surface area (Å²) in [5.41, 5.74) is 2.92. The van der Waals surface area contributed by atoms with Crippen molar-refractivity contribution in [1.82, 2.24) is 10.2 Å². The van der Waals surface area contributed by atoms with Gasteiger partial charge < -0.3 is 5.32 Å². The van der Waals surface area contributed by atoms with Gasteiger partial charge in [0.25, 0.3) is 0 Å². The van der Waals surface area contributed by atoms with Gasteiger partial charge in [0.1, 0.15) is 0 Å². The lowest BCUT2D eigenvalue weighted by molar-refractivity contribution is 0.103. The third-order valence-corrected chi connectivity index (χ3v) is 5.06. The molecule has 1 N–H and O–H groups in total. The second-order valence-electron chi connectivity index (χ2n) is 6.54. The minimum absolute atomic E-state index is 0.651. The first-order chi connectivity index (χ1) is 9.84. The van der Waals surface area contributed by atoms with Gasteiger partial charge in [-0.3, -0.25) is 4.90 Å². The van der Waals surface area contributed by atoms with Crippen LogP contribution in [0.2, 0.25) is 0 Å². The minimum Gasteiger partial charge on any atom is -0.314 e. The maximum atomic E-state index is 3.49. The van der Waals surface area contributed by atoms with E-state index in [9.17, 15) is 0 Å². The molecule has 3 rings (SSSR count). The molecule has 1 aromatic carbocycles. The van der Waals surface area contributed by atoms with Gasteiger partial charge in [-0.15, -0.1) is 0 Å². The van der Waals surface area contributed by atoms with E-state index >= 15 is 0 Å². The van der Waals surface area contributed by atoms with Crippen LogP contribution in [-0.4, -0.2) is 31.1 Å². The lowest BCUT2D eigenvalue weighted by Gasteiger charge is -2.41. The highest BCUT2D eigenvalue weighted by Gasteiger charge is 2.30. The van der Waals surface area contributed by atoms with Crippen LogP contribution in [0.25, 0.3) is 0 Å². The Bertz CT molecular complexity index is 382. The van der Waals surface area contributed by atoms with Gasteiger partial charge >= 0.3 is 0 Å². The fraction of sp³-hybridized carbons (Fsp3) is 0.667. The van der Waals surface area contributed by atoms with E-state index in [1.54, 1.807) is 5.56 Å². The fourth-order valence-corrected chi connectivity index (χ4v) is 3.95. The molecule has 2 heteroatoms. The largest absolute Gasteiger partial charge is 0.314 e. The lowest BCUT2D eigenvalue weighted by Crippen LogP contribution is -2.47. The molecule has 1 aromatic rings. The first-order valence-corrected chi connectivity index (χ1v) is 8.36. The smallest absolute Gasteiger partial charge is 0.0377 e. The summed E-state index contributed by atoms with van der Waals surface area (Å²) in [5, 5.41) is 3.49. The van der Waals surface area contributed by atoms with Crippen LogP contribution in [-0.2, 0) is 0 Å². The number of hydrogen-bond donors (Lipinski definition) is 1. The maximum absolute atomic E-state index is 3.49. The van der Waals surface area contributed by atoms with Gasteiger partial charge in [-0.05, 0) is 31.2 Å². The monoisotopic (exact) mass is 272 g/mol. The minimum atomic E-state index is 0.651. The summed E-state index contributed by atoms with van der Waals surface area (Å²) >= 11 is 0. The molecule has 1 saturated carbocycles. The van der Waals surface area contributed by atoms with E-state index in [2.05, 4.69) is 41.4 Å². The summed E-state index contributed by atoms with van der Waals surface area (Å²) in [4.78, 5) is 2.73. The summed E-state index contributed by atoms with van der Waals surface area (Å²) in [6.07, 6.45) is 7.14. The van der Waals surface area contributed by atoms with Crippen LogP contribution in [0.1, 0.15) is 49.3 Å². The van der Waals surface area contributed by atoms with E-state index in [-0.39, 0.29) is 0 Å². The number of nitrogens with zero attached hydrogens (tertiary/aromatic N) is 1. The topological polar surface area (TPSA) is 15.3 Å². The van der Waals surface area contributed by atoms with Crippen molar-refractivity contribution in [1.29, 1.82) is 0 Å². The van der Waals surface area contributed by atoms with Crippen molar-refractivity contribution in [2.45, 2.75) is 45.1 Å². The summed E-state index contributed by atoms with van der Waals surface area (Å²) in [6.45, 7) is 6.89. The standard InChI is InChI=1S/C18H28N2/c1-15-7-9-17(10-8-15)18(16-5-3-2-4-6-16)20-13-11-19-12-14-20/h7-10,16,18-19H,2-6,11-14H2,1H3/t18-/m0/s1. The van der Waals surface area contributed by atoms with Crippen molar-refractivity contribution in [2.24, 2.45) is 5.92 Å². The third kappa shape index (κ3) is 3.24. The Balaban J connectivity index is 1.83. The SMILES string of the molecule is Cc1ccc([C@H](C2CCCCC2)N2CCNCC2)cc1. The maximum Gasteiger partial charge on any atom is 0.0377 e. The first-order valence-electron chi connectivity index (χ1n) is 8.36. The Labute approximate surface area is 123 Å². The summed E-state index contributed by atoms with van der Waals surface area (Å²) in [7, 11) is 0. The molecule has 0 amide bonds. The molecular formula is C18H28N2. The molecule has 0 unspecified atom stereocenters. The van der Waals surface area contributed by atoms with Gasteiger partial charge in [-0.2, -0.15) is 0 Å². The van der Waals surface area contributed by atoms with Gasteiger partial charge in [-0.1, -0.05) is 49.1 Å². The van der Waals surface area contributed by atoms with Crippen LogP contribution in [0.15, 0.2) is 24.3 Å². The Morgan fingerprint density at radius 1 is 1.00 bits per heavy atom. The highest BCUT2D eigenvalue weighted by Crippen LogP contribution is 2.38. The molecule has 1 heterocycles. The quantitative estimate of drug-likeness (QED) is 0.905. The predicted octanol–water partition coefficient (Wildman–Crippen LogP) is 3.52. The number of piperazine rings is 1.